The molecule has 0 saturated carbocycles. The SMILES string of the molecule is CCCCC.CCCCCCCN(C)c1ccc(C(=O)c2ccc(N(C)C)cc2)cc1. The van der Waals surface area contributed by atoms with Crippen molar-refractivity contribution in [3.63, 3.8) is 0 Å². The summed E-state index contributed by atoms with van der Waals surface area (Å²) in [4.78, 5) is 17.0. The number of unbranched alkanes of at least 4 members (excludes halogenated alkanes) is 6. The van der Waals surface area contributed by atoms with Gasteiger partial charge in [0.05, 0.1) is 0 Å². The van der Waals surface area contributed by atoms with Crippen LogP contribution in [0, 0.1) is 0 Å². The lowest BCUT2D eigenvalue weighted by atomic mass is 10.0. The van der Waals surface area contributed by atoms with Gasteiger partial charge < -0.3 is 9.80 Å². The Kier molecular flexibility index (Phi) is 13.4. The third kappa shape index (κ3) is 10.0. The average molecular weight is 425 g/mol. The van der Waals surface area contributed by atoms with Crippen LogP contribution in [0.2, 0.25) is 0 Å². The van der Waals surface area contributed by atoms with Gasteiger partial charge in [-0.25, -0.2) is 0 Å². The van der Waals surface area contributed by atoms with E-state index in [0.29, 0.717) is 0 Å². The minimum Gasteiger partial charge on any atom is -0.378 e. The van der Waals surface area contributed by atoms with E-state index < -0.39 is 0 Å². The molecule has 31 heavy (non-hydrogen) atoms. The normalized spacial score (nSPS) is 10.3. The summed E-state index contributed by atoms with van der Waals surface area (Å²) in [5.74, 6) is 0.0732. The number of carbonyl (C=O) groups excluding carboxylic acids is 1. The van der Waals surface area contributed by atoms with Crippen molar-refractivity contribution in [2.75, 3.05) is 37.5 Å². The fourth-order valence-electron chi connectivity index (χ4n) is 3.38. The van der Waals surface area contributed by atoms with Gasteiger partial charge in [-0.3, -0.25) is 4.79 Å². The summed E-state index contributed by atoms with van der Waals surface area (Å²) in [6.07, 6.45) is 10.5. The number of ketones is 1. The van der Waals surface area contributed by atoms with Crippen LogP contribution in [0.4, 0.5) is 11.4 Å². The lowest BCUT2D eigenvalue weighted by molar-refractivity contribution is 0.103. The zero-order chi connectivity index (χ0) is 23.1. The third-order valence-corrected chi connectivity index (χ3v) is 5.52. The molecule has 0 N–H and O–H groups in total. The van der Waals surface area contributed by atoms with Gasteiger partial charge in [0.2, 0.25) is 0 Å². The van der Waals surface area contributed by atoms with Crippen LogP contribution in [0.15, 0.2) is 48.5 Å². The van der Waals surface area contributed by atoms with E-state index in [2.05, 4.69) is 32.7 Å². The summed E-state index contributed by atoms with van der Waals surface area (Å²) in [6, 6.07) is 15.7. The zero-order valence-electron chi connectivity index (χ0n) is 20.8. The van der Waals surface area contributed by atoms with Gasteiger partial charge in [-0.15, -0.1) is 0 Å². The number of rotatable bonds is 12. The Labute approximate surface area is 191 Å². The summed E-state index contributed by atoms with van der Waals surface area (Å²) in [5, 5.41) is 0. The Morgan fingerprint density at radius 3 is 1.48 bits per heavy atom. The molecule has 172 valence electrons. The molecule has 0 atom stereocenters. The van der Waals surface area contributed by atoms with E-state index in [1.54, 1.807) is 0 Å². The number of nitrogens with zero attached hydrogens (tertiary/aromatic N) is 2. The molecule has 0 aromatic heterocycles. The number of hydrogen-bond acceptors (Lipinski definition) is 3. The third-order valence-electron chi connectivity index (χ3n) is 5.52. The first-order chi connectivity index (χ1) is 14.9. The molecule has 0 unspecified atom stereocenters. The predicted molar refractivity (Wildman–Crippen MR) is 138 cm³/mol. The molecule has 0 fully saturated rings. The Balaban J connectivity index is 0.000000861. The van der Waals surface area contributed by atoms with Crippen LogP contribution in [0.25, 0.3) is 0 Å². The van der Waals surface area contributed by atoms with Crippen molar-refractivity contribution >= 4 is 17.2 Å². The highest BCUT2D eigenvalue weighted by molar-refractivity contribution is 6.09. The van der Waals surface area contributed by atoms with E-state index in [1.807, 2.05) is 67.5 Å². The minimum atomic E-state index is 0.0732. The summed E-state index contributed by atoms with van der Waals surface area (Å²) < 4.78 is 0. The topological polar surface area (TPSA) is 23.6 Å². The second-order valence-corrected chi connectivity index (χ2v) is 8.51. The second-order valence-electron chi connectivity index (χ2n) is 8.51. The van der Waals surface area contributed by atoms with Crippen molar-refractivity contribution in [2.24, 2.45) is 0 Å². The van der Waals surface area contributed by atoms with Crippen LogP contribution in [-0.4, -0.2) is 33.5 Å². The molecular formula is C28H44N2O. The van der Waals surface area contributed by atoms with Crippen LogP contribution < -0.4 is 9.80 Å². The molecule has 0 aliphatic heterocycles. The van der Waals surface area contributed by atoms with Crippen LogP contribution >= 0.6 is 0 Å². The maximum absolute atomic E-state index is 12.7. The first-order valence-electron chi connectivity index (χ1n) is 12.1. The number of benzene rings is 2. The largest absolute Gasteiger partial charge is 0.378 e. The molecule has 2 rings (SSSR count). The van der Waals surface area contributed by atoms with Gasteiger partial charge in [-0.05, 0) is 55.0 Å². The van der Waals surface area contributed by atoms with Gasteiger partial charge in [-0.2, -0.15) is 0 Å². The summed E-state index contributed by atoms with van der Waals surface area (Å²) >= 11 is 0. The minimum absolute atomic E-state index is 0.0732. The Morgan fingerprint density at radius 1 is 0.613 bits per heavy atom. The van der Waals surface area contributed by atoms with Gasteiger partial charge in [0.25, 0.3) is 0 Å². The summed E-state index contributed by atoms with van der Waals surface area (Å²) in [7, 11) is 6.11. The molecule has 0 bridgehead atoms. The highest BCUT2D eigenvalue weighted by atomic mass is 16.1. The Bertz CT molecular complexity index is 718. The molecule has 0 amide bonds. The van der Waals surface area contributed by atoms with Crippen LogP contribution in [0.3, 0.4) is 0 Å². The lowest BCUT2D eigenvalue weighted by Gasteiger charge is -2.19. The molecule has 0 saturated heterocycles. The Hall–Kier alpha value is -2.29. The lowest BCUT2D eigenvalue weighted by Crippen LogP contribution is -2.18. The van der Waals surface area contributed by atoms with E-state index in [-0.39, 0.29) is 5.78 Å². The van der Waals surface area contributed by atoms with Crippen LogP contribution in [0.5, 0.6) is 0 Å². The molecular weight excluding hydrogens is 380 g/mol. The van der Waals surface area contributed by atoms with Crippen molar-refractivity contribution in [1.29, 1.82) is 0 Å². The maximum Gasteiger partial charge on any atom is 0.193 e. The first kappa shape index (κ1) is 26.7. The number of anilines is 2. The highest BCUT2D eigenvalue weighted by Gasteiger charge is 2.10. The highest BCUT2D eigenvalue weighted by Crippen LogP contribution is 2.19. The molecule has 2 aromatic carbocycles. The van der Waals surface area contributed by atoms with Gasteiger partial charge in [0.15, 0.2) is 5.78 Å². The fraction of sp³-hybridized carbons (Fsp3) is 0.536. The first-order valence-corrected chi connectivity index (χ1v) is 12.1. The van der Waals surface area contributed by atoms with Crippen LogP contribution in [-0.2, 0) is 0 Å². The molecule has 0 spiro atoms. The number of carbonyl (C=O) groups is 1. The van der Waals surface area contributed by atoms with Gasteiger partial charge in [0, 0.05) is 50.2 Å². The smallest absolute Gasteiger partial charge is 0.193 e. The molecule has 2 aromatic rings. The molecule has 3 nitrogen and oxygen atoms in total. The molecule has 0 aliphatic rings. The van der Waals surface area contributed by atoms with Gasteiger partial charge in [-0.1, -0.05) is 65.7 Å². The van der Waals surface area contributed by atoms with Gasteiger partial charge >= 0.3 is 0 Å². The maximum atomic E-state index is 12.7. The van der Waals surface area contributed by atoms with Crippen molar-refractivity contribution in [2.45, 2.75) is 72.1 Å². The summed E-state index contributed by atoms with van der Waals surface area (Å²) in [5.41, 5.74) is 3.73. The van der Waals surface area contributed by atoms with Crippen molar-refractivity contribution in [3.05, 3.63) is 59.7 Å². The van der Waals surface area contributed by atoms with E-state index in [1.165, 1.54) is 57.1 Å². The van der Waals surface area contributed by atoms with Crippen molar-refractivity contribution in [1.82, 2.24) is 0 Å². The average Bonchev–Trinajstić information content (AvgIpc) is 2.79. The second kappa shape index (κ2) is 15.5. The molecule has 0 aliphatic carbocycles. The fourth-order valence-corrected chi connectivity index (χ4v) is 3.38. The van der Waals surface area contributed by atoms with E-state index in [0.717, 1.165) is 23.4 Å². The molecule has 0 radical (unpaired) electrons. The van der Waals surface area contributed by atoms with Crippen molar-refractivity contribution < 1.29 is 4.79 Å². The van der Waals surface area contributed by atoms with E-state index in [9.17, 15) is 4.79 Å². The Morgan fingerprint density at radius 2 is 1.06 bits per heavy atom. The number of hydrogen-bond donors (Lipinski definition) is 0. The van der Waals surface area contributed by atoms with Crippen LogP contribution in [0.1, 0.15) is 88.1 Å². The predicted octanol–water partition coefficient (Wildman–Crippen LogP) is 7.59. The summed E-state index contributed by atoms with van der Waals surface area (Å²) in [6.45, 7) is 7.72. The standard InChI is InChI=1S/C23H32N2O.C5H12/c1-5-6-7-8-9-18-25(4)22-16-12-20(13-17-22)23(26)19-10-14-21(15-11-19)24(2)3;1-3-5-4-2/h10-17H,5-9,18H2,1-4H3;3-5H2,1-2H3. The van der Waals surface area contributed by atoms with E-state index in [4.69, 9.17) is 0 Å². The molecule has 3 heteroatoms. The van der Waals surface area contributed by atoms with Gasteiger partial charge in [0.1, 0.15) is 0 Å². The quantitative estimate of drug-likeness (QED) is 0.259. The monoisotopic (exact) mass is 424 g/mol. The van der Waals surface area contributed by atoms with Crippen molar-refractivity contribution in [3.8, 4) is 0 Å². The molecule has 0 heterocycles. The zero-order valence-corrected chi connectivity index (χ0v) is 20.8. The van der Waals surface area contributed by atoms with E-state index >= 15 is 0 Å².